The van der Waals surface area contributed by atoms with Crippen LogP contribution >= 0.6 is 0 Å². The average Bonchev–Trinajstić information content (AvgIpc) is 3.08. The average molecular weight is 284 g/mol. The lowest BCUT2D eigenvalue weighted by molar-refractivity contribution is -0.131. The van der Waals surface area contributed by atoms with E-state index in [9.17, 15) is 4.79 Å². The molecule has 21 heavy (non-hydrogen) atoms. The van der Waals surface area contributed by atoms with Crippen LogP contribution in [0.5, 0.6) is 0 Å². The maximum atomic E-state index is 12.9. The van der Waals surface area contributed by atoms with E-state index in [1.807, 2.05) is 23.1 Å². The van der Waals surface area contributed by atoms with Crippen molar-refractivity contribution in [2.24, 2.45) is 4.99 Å². The van der Waals surface area contributed by atoms with Crippen molar-refractivity contribution in [3.63, 3.8) is 0 Å². The highest BCUT2D eigenvalue weighted by Gasteiger charge is 2.49. The van der Waals surface area contributed by atoms with Gasteiger partial charge in [-0.25, -0.2) is 0 Å². The SMILES string of the molecule is CCCCC1=NC2(CCCC2)C(=O)N1Cc1ccccc1. The van der Waals surface area contributed by atoms with Gasteiger partial charge in [-0.3, -0.25) is 14.7 Å². The van der Waals surface area contributed by atoms with Crippen molar-refractivity contribution in [3.8, 4) is 0 Å². The standard InChI is InChI=1S/C18H24N2O/c1-2-3-11-16-19-18(12-7-8-13-18)17(21)20(16)14-15-9-5-4-6-10-15/h4-6,9-10H,2-3,7-8,11-14H2,1H3. The van der Waals surface area contributed by atoms with Crippen LogP contribution in [0, 0.1) is 0 Å². The molecule has 1 amide bonds. The second-order valence-electron chi connectivity index (χ2n) is 6.25. The van der Waals surface area contributed by atoms with Crippen LogP contribution in [-0.2, 0) is 11.3 Å². The Balaban J connectivity index is 1.83. The van der Waals surface area contributed by atoms with Crippen molar-refractivity contribution in [1.82, 2.24) is 4.90 Å². The topological polar surface area (TPSA) is 32.7 Å². The lowest BCUT2D eigenvalue weighted by Crippen LogP contribution is -2.40. The van der Waals surface area contributed by atoms with E-state index in [4.69, 9.17) is 4.99 Å². The Morgan fingerprint density at radius 2 is 1.90 bits per heavy atom. The summed E-state index contributed by atoms with van der Waals surface area (Å²) in [6, 6.07) is 10.3. The molecule has 1 fully saturated rings. The van der Waals surface area contributed by atoms with E-state index in [0.29, 0.717) is 6.54 Å². The summed E-state index contributed by atoms with van der Waals surface area (Å²) in [5.74, 6) is 1.27. The Labute approximate surface area is 127 Å². The number of rotatable bonds is 5. The molecule has 0 radical (unpaired) electrons. The number of benzene rings is 1. The molecule has 3 nitrogen and oxygen atoms in total. The fourth-order valence-electron chi connectivity index (χ4n) is 3.46. The number of aliphatic imine (C=N–C) groups is 1. The highest BCUT2D eigenvalue weighted by molar-refractivity contribution is 6.08. The van der Waals surface area contributed by atoms with Gasteiger partial charge in [0.1, 0.15) is 11.4 Å². The summed E-state index contributed by atoms with van der Waals surface area (Å²) in [5.41, 5.74) is 0.780. The molecule has 0 saturated heterocycles. The molecule has 2 aliphatic rings. The Hall–Kier alpha value is -1.64. The molecule has 0 aromatic heterocycles. The second kappa shape index (κ2) is 6.00. The molecule has 1 heterocycles. The number of amides is 1. The zero-order chi connectivity index (χ0) is 14.7. The smallest absolute Gasteiger partial charge is 0.256 e. The van der Waals surface area contributed by atoms with E-state index in [-0.39, 0.29) is 5.91 Å². The van der Waals surface area contributed by atoms with Crippen LogP contribution in [-0.4, -0.2) is 22.2 Å². The van der Waals surface area contributed by atoms with Gasteiger partial charge in [0, 0.05) is 6.42 Å². The molecule has 1 aromatic carbocycles. The third kappa shape index (κ3) is 2.74. The van der Waals surface area contributed by atoms with Crippen LogP contribution in [0.4, 0.5) is 0 Å². The lowest BCUT2D eigenvalue weighted by atomic mass is 9.98. The third-order valence-corrected chi connectivity index (χ3v) is 4.67. The third-order valence-electron chi connectivity index (χ3n) is 4.67. The van der Waals surface area contributed by atoms with Crippen molar-refractivity contribution in [1.29, 1.82) is 0 Å². The minimum Gasteiger partial charge on any atom is -0.294 e. The number of hydrogen-bond acceptors (Lipinski definition) is 2. The van der Waals surface area contributed by atoms with E-state index in [2.05, 4.69) is 19.1 Å². The number of amidine groups is 1. The minimum atomic E-state index is -0.405. The van der Waals surface area contributed by atoms with Gasteiger partial charge in [0.2, 0.25) is 0 Å². The predicted octanol–water partition coefficient (Wildman–Crippen LogP) is 3.93. The zero-order valence-electron chi connectivity index (χ0n) is 12.8. The van der Waals surface area contributed by atoms with E-state index < -0.39 is 5.54 Å². The normalized spacial score (nSPS) is 20.3. The molecule has 1 aliphatic carbocycles. The Kier molecular flexibility index (Phi) is 4.09. The monoisotopic (exact) mass is 284 g/mol. The molecular formula is C18H24N2O. The van der Waals surface area contributed by atoms with Gasteiger partial charge in [0.05, 0.1) is 6.54 Å². The first-order valence-corrected chi connectivity index (χ1v) is 8.20. The second-order valence-corrected chi connectivity index (χ2v) is 6.25. The summed E-state index contributed by atoms with van der Waals surface area (Å²) in [6.07, 6.45) is 7.31. The Bertz CT molecular complexity index is 529. The molecule has 0 unspecified atom stereocenters. The summed E-state index contributed by atoms with van der Waals surface area (Å²) in [4.78, 5) is 19.8. The zero-order valence-corrected chi connectivity index (χ0v) is 12.8. The van der Waals surface area contributed by atoms with Gasteiger partial charge in [0.15, 0.2) is 0 Å². The van der Waals surface area contributed by atoms with Gasteiger partial charge >= 0.3 is 0 Å². The van der Waals surface area contributed by atoms with Crippen LogP contribution in [0.3, 0.4) is 0 Å². The molecule has 1 aromatic rings. The molecule has 1 spiro atoms. The summed E-state index contributed by atoms with van der Waals surface area (Å²) < 4.78 is 0. The highest BCUT2D eigenvalue weighted by Crippen LogP contribution is 2.40. The summed E-state index contributed by atoms with van der Waals surface area (Å²) in [7, 11) is 0. The van der Waals surface area contributed by atoms with Crippen LogP contribution in [0.1, 0.15) is 57.4 Å². The predicted molar refractivity (Wildman–Crippen MR) is 85.2 cm³/mol. The van der Waals surface area contributed by atoms with Gasteiger partial charge in [0.25, 0.3) is 5.91 Å². The maximum Gasteiger partial charge on any atom is 0.256 e. The molecule has 0 N–H and O–H groups in total. The van der Waals surface area contributed by atoms with Crippen molar-refractivity contribution in [3.05, 3.63) is 35.9 Å². The Morgan fingerprint density at radius 3 is 2.57 bits per heavy atom. The molecule has 112 valence electrons. The fourth-order valence-corrected chi connectivity index (χ4v) is 3.46. The minimum absolute atomic E-state index is 0.245. The quantitative estimate of drug-likeness (QED) is 0.806. The summed E-state index contributed by atoms with van der Waals surface area (Å²) >= 11 is 0. The van der Waals surface area contributed by atoms with Gasteiger partial charge in [-0.15, -0.1) is 0 Å². The first kappa shape index (κ1) is 14.3. The molecule has 1 saturated carbocycles. The number of hydrogen-bond donors (Lipinski definition) is 0. The molecule has 3 rings (SSSR count). The number of unbranched alkanes of at least 4 members (excludes halogenated alkanes) is 1. The van der Waals surface area contributed by atoms with E-state index in [1.54, 1.807) is 0 Å². The van der Waals surface area contributed by atoms with Crippen molar-refractivity contribution < 1.29 is 4.79 Å². The van der Waals surface area contributed by atoms with Crippen LogP contribution in [0.25, 0.3) is 0 Å². The van der Waals surface area contributed by atoms with E-state index >= 15 is 0 Å². The molecular weight excluding hydrogens is 260 g/mol. The van der Waals surface area contributed by atoms with Gasteiger partial charge in [-0.2, -0.15) is 0 Å². The van der Waals surface area contributed by atoms with Crippen LogP contribution in [0.2, 0.25) is 0 Å². The van der Waals surface area contributed by atoms with E-state index in [1.165, 1.54) is 5.56 Å². The van der Waals surface area contributed by atoms with E-state index in [0.717, 1.165) is 50.8 Å². The summed E-state index contributed by atoms with van der Waals surface area (Å²) in [6.45, 7) is 2.86. The maximum absolute atomic E-state index is 12.9. The van der Waals surface area contributed by atoms with Crippen molar-refractivity contribution in [2.75, 3.05) is 0 Å². The number of nitrogens with zero attached hydrogens (tertiary/aromatic N) is 2. The summed E-state index contributed by atoms with van der Waals surface area (Å²) in [5, 5.41) is 0. The highest BCUT2D eigenvalue weighted by atomic mass is 16.2. The first-order chi connectivity index (χ1) is 10.2. The first-order valence-electron chi connectivity index (χ1n) is 8.20. The largest absolute Gasteiger partial charge is 0.294 e. The fraction of sp³-hybridized carbons (Fsp3) is 0.556. The molecule has 3 heteroatoms. The Morgan fingerprint density at radius 1 is 1.19 bits per heavy atom. The van der Waals surface area contributed by atoms with Crippen LogP contribution in [0.15, 0.2) is 35.3 Å². The number of carbonyl (C=O) groups excluding carboxylic acids is 1. The number of carbonyl (C=O) groups is 1. The van der Waals surface area contributed by atoms with Gasteiger partial charge in [-0.1, -0.05) is 56.5 Å². The van der Waals surface area contributed by atoms with Crippen LogP contribution < -0.4 is 0 Å². The van der Waals surface area contributed by atoms with Gasteiger partial charge < -0.3 is 0 Å². The molecule has 0 bridgehead atoms. The van der Waals surface area contributed by atoms with Gasteiger partial charge in [-0.05, 0) is 24.8 Å². The molecule has 0 atom stereocenters. The van der Waals surface area contributed by atoms with Crippen molar-refractivity contribution in [2.45, 2.75) is 64.0 Å². The lowest BCUT2D eigenvalue weighted by Gasteiger charge is -2.22. The van der Waals surface area contributed by atoms with Crippen molar-refractivity contribution >= 4 is 11.7 Å². The molecule has 1 aliphatic heterocycles.